The fraction of sp³-hybridized carbons (Fsp3) is 0.133. The second-order valence-corrected chi connectivity index (χ2v) is 4.65. The quantitative estimate of drug-likeness (QED) is 0.705. The predicted molar refractivity (Wildman–Crippen MR) is 72.6 cm³/mol. The van der Waals surface area contributed by atoms with E-state index in [2.05, 4.69) is 0 Å². The summed E-state index contributed by atoms with van der Waals surface area (Å²) in [6, 6.07) is 10.5. The molecule has 20 heavy (non-hydrogen) atoms. The second-order valence-electron chi connectivity index (χ2n) is 4.65. The van der Waals surface area contributed by atoms with Gasteiger partial charge in [0.25, 0.3) is 0 Å². The fourth-order valence-electron chi connectivity index (χ4n) is 2.35. The van der Waals surface area contributed by atoms with E-state index in [9.17, 15) is 13.6 Å². The Kier molecular flexibility index (Phi) is 2.89. The lowest BCUT2D eigenvalue weighted by Gasteiger charge is -2.05. The zero-order valence-corrected chi connectivity index (χ0v) is 10.8. The first-order valence-corrected chi connectivity index (χ1v) is 6.16. The average molecular weight is 274 g/mol. The molecule has 0 spiro atoms. The minimum Gasteiger partial charge on any atom is -0.295 e. The number of fused-ring (bicyclic) bond motifs is 1. The molecule has 3 nitrogen and oxygen atoms in total. The highest BCUT2D eigenvalue weighted by Crippen LogP contribution is 2.16. The van der Waals surface area contributed by atoms with E-state index in [4.69, 9.17) is 0 Å². The lowest BCUT2D eigenvalue weighted by molar-refractivity contribution is 0.575. The molecule has 0 unspecified atom stereocenters. The standard InChI is InChI=1S/C15H12F2N2O/c1-18-13-4-2-3-5-14(13)19(15(18)20)9-10-8-11(16)6-7-12(10)17/h2-8H,9H2,1H3. The third-order valence-electron chi connectivity index (χ3n) is 3.39. The maximum absolute atomic E-state index is 13.7. The summed E-state index contributed by atoms with van der Waals surface area (Å²) < 4.78 is 29.8. The molecule has 0 fully saturated rings. The Labute approximate surface area is 113 Å². The number of para-hydroxylation sites is 2. The smallest absolute Gasteiger partial charge is 0.295 e. The van der Waals surface area contributed by atoms with Gasteiger partial charge in [-0.2, -0.15) is 0 Å². The molecule has 0 atom stereocenters. The Hall–Kier alpha value is -2.43. The van der Waals surface area contributed by atoms with Crippen LogP contribution in [0, 0.1) is 11.6 Å². The van der Waals surface area contributed by atoms with Gasteiger partial charge in [0.2, 0.25) is 0 Å². The van der Waals surface area contributed by atoms with Crippen molar-refractivity contribution >= 4 is 11.0 Å². The summed E-state index contributed by atoms with van der Waals surface area (Å²) in [7, 11) is 1.66. The Morgan fingerprint density at radius 1 is 1.05 bits per heavy atom. The molecule has 2 aromatic carbocycles. The molecule has 1 heterocycles. The van der Waals surface area contributed by atoms with E-state index in [1.165, 1.54) is 9.13 Å². The fourth-order valence-corrected chi connectivity index (χ4v) is 2.35. The number of halogens is 2. The highest BCUT2D eigenvalue weighted by atomic mass is 19.1. The maximum Gasteiger partial charge on any atom is 0.329 e. The molecular weight excluding hydrogens is 262 g/mol. The molecule has 0 aliphatic rings. The van der Waals surface area contributed by atoms with E-state index in [1.54, 1.807) is 19.2 Å². The first-order valence-electron chi connectivity index (χ1n) is 6.16. The van der Waals surface area contributed by atoms with Gasteiger partial charge < -0.3 is 0 Å². The molecule has 0 radical (unpaired) electrons. The number of rotatable bonds is 2. The number of hydrogen-bond acceptors (Lipinski definition) is 1. The lowest BCUT2D eigenvalue weighted by atomic mass is 10.2. The number of nitrogens with zero attached hydrogens (tertiary/aromatic N) is 2. The number of hydrogen-bond donors (Lipinski definition) is 0. The number of benzene rings is 2. The van der Waals surface area contributed by atoms with Crippen LogP contribution in [-0.2, 0) is 13.6 Å². The lowest BCUT2D eigenvalue weighted by Crippen LogP contribution is -2.23. The van der Waals surface area contributed by atoms with Crippen LogP contribution in [0.4, 0.5) is 8.78 Å². The van der Waals surface area contributed by atoms with Crippen molar-refractivity contribution in [2.45, 2.75) is 6.54 Å². The Morgan fingerprint density at radius 3 is 2.50 bits per heavy atom. The molecule has 0 aliphatic carbocycles. The summed E-state index contributed by atoms with van der Waals surface area (Å²) in [4.78, 5) is 12.2. The van der Waals surface area contributed by atoms with Crippen molar-refractivity contribution in [3.63, 3.8) is 0 Å². The van der Waals surface area contributed by atoms with Gasteiger partial charge in [0.05, 0.1) is 17.6 Å². The number of imidazole rings is 1. The van der Waals surface area contributed by atoms with Gasteiger partial charge in [-0.25, -0.2) is 13.6 Å². The van der Waals surface area contributed by atoms with Crippen LogP contribution in [0.25, 0.3) is 11.0 Å². The molecule has 0 amide bonds. The summed E-state index contributed by atoms with van der Waals surface area (Å²) >= 11 is 0. The first-order chi connectivity index (χ1) is 9.58. The van der Waals surface area contributed by atoms with E-state index in [0.717, 1.165) is 23.7 Å². The molecule has 0 saturated carbocycles. The normalized spacial score (nSPS) is 11.2. The van der Waals surface area contributed by atoms with E-state index < -0.39 is 11.6 Å². The van der Waals surface area contributed by atoms with E-state index in [0.29, 0.717) is 5.52 Å². The molecule has 1 aromatic heterocycles. The molecule has 3 aromatic rings. The van der Waals surface area contributed by atoms with Crippen molar-refractivity contribution < 1.29 is 8.78 Å². The highest BCUT2D eigenvalue weighted by Gasteiger charge is 2.12. The molecular formula is C15H12F2N2O. The topological polar surface area (TPSA) is 26.9 Å². The van der Waals surface area contributed by atoms with Crippen molar-refractivity contribution in [1.82, 2.24) is 9.13 Å². The largest absolute Gasteiger partial charge is 0.329 e. The van der Waals surface area contributed by atoms with Crippen LogP contribution in [0.5, 0.6) is 0 Å². The van der Waals surface area contributed by atoms with Crippen LogP contribution < -0.4 is 5.69 Å². The third-order valence-corrected chi connectivity index (χ3v) is 3.39. The van der Waals surface area contributed by atoms with Crippen molar-refractivity contribution in [1.29, 1.82) is 0 Å². The Morgan fingerprint density at radius 2 is 1.75 bits per heavy atom. The van der Waals surface area contributed by atoms with E-state index in [-0.39, 0.29) is 17.8 Å². The molecule has 0 N–H and O–H groups in total. The zero-order chi connectivity index (χ0) is 14.3. The van der Waals surface area contributed by atoms with Crippen LogP contribution in [0.3, 0.4) is 0 Å². The Balaban J connectivity index is 2.18. The molecule has 0 saturated heterocycles. The highest BCUT2D eigenvalue weighted by molar-refractivity contribution is 5.75. The zero-order valence-electron chi connectivity index (χ0n) is 10.8. The van der Waals surface area contributed by atoms with Gasteiger partial charge in [0.15, 0.2) is 0 Å². The van der Waals surface area contributed by atoms with Crippen LogP contribution in [0.2, 0.25) is 0 Å². The molecule has 5 heteroatoms. The molecule has 3 rings (SSSR count). The number of aromatic nitrogens is 2. The predicted octanol–water partition coefficient (Wildman–Crippen LogP) is 2.67. The second kappa shape index (κ2) is 4.59. The van der Waals surface area contributed by atoms with E-state index >= 15 is 0 Å². The van der Waals surface area contributed by atoms with Crippen LogP contribution in [0.15, 0.2) is 47.3 Å². The van der Waals surface area contributed by atoms with Gasteiger partial charge in [0, 0.05) is 12.6 Å². The van der Waals surface area contributed by atoms with Gasteiger partial charge in [-0.05, 0) is 30.3 Å². The van der Waals surface area contributed by atoms with Crippen molar-refractivity contribution in [2.24, 2.45) is 7.05 Å². The molecule has 0 aliphatic heterocycles. The van der Waals surface area contributed by atoms with Gasteiger partial charge in [-0.3, -0.25) is 9.13 Å². The van der Waals surface area contributed by atoms with Gasteiger partial charge in [-0.15, -0.1) is 0 Å². The van der Waals surface area contributed by atoms with Crippen molar-refractivity contribution in [3.05, 3.63) is 70.1 Å². The summed E-state index contributed by atoms with van der Waals surface area (Å²) in [5.74, 6) is -1.04. The summed E-state index contributed by atoms with van der Waals surface area (Å²) in [6.07, 6.45) is 0. The van der Waals surface area contributed by atoms with Crippen molar-refractivity contribution in [3.8, 4) is 0 Å². The summed E-state index contributed by atoms with van der Waals surface area (Å²) in [5.41, 5.74) is 1.36. The average Bonchev–Trinajstić information content (AvgIpc) is 2.68. The van der Waals surface area contributed by atoms with Crippen LogP contribution in [0.1, 0.15) is 5.56 Å². The van der Waals surface area contributed by atoms with Gasteiger partial charge in [-0.1, -0.05) is 12.1 Å². The first kappa shape index (κ1) is 12.6. The Bertz CT molecular complexity index is 849. The molecule has 0 bridgehead atoms. The van der Waals surface area contributed by atoms with Crippen molar-refractivity contribution in [2.75, 3.05) is 0 Å². The van der Waals surface area contributed by atoms with Gasteiger partial charge >= 0.3 is 5.69 Å². The van der Waals surface area contributed by atoms with Crippen LogP contribution >= 0.6 is 0 Å². The monoisotopic (exact) mass is 274 g/mol. The summed E-state index contributed by atoms with van der Waals surface area (Å²) in [6.45, 7) is 0.00375. The minimum absolute atomic E-state index is 0.00375. The third kappa shape index (κ3) is 1.91. The van der Waals surface area contributed by atoms with E-state index in [1.807, 2.05) is 12.1 Å². The minimum atomic E-state index is -0.522. The van der Waals surface area contributed by atoms with Crippen LogP contribution in [-0.4, -0.2) is 9.13 Å². The SMILES string of the molecule is Cn1c(=O)n(Cc2cc(F)ccc2F)c2ccccc21. The van der Waals surface area contributed by atoms with Gasteiger partial charge in [0.1, 0.15) is 11.6 Å². The summed E-state index contributed by atoms with van der Waals surface area (Å²) in [5, 5.41) is 0. The number of aryl methyl sites for hydroxylation is 1. The molecule has 102 valence electrons. The maximum atomic E-state index is 13.7.